The average molecular weight is 506 g/mol. The highest BCUT2D eigenvalue weighted by Gasteiger charge is 2.17. The molecule has 0 fully saturated rings. The summed E-state index contributed by atoms with van der Waals surface area (Å²) in [5, 5.41) is 14.4. The molecular weight excluding hydrogens is 481 g/mol. The summed E-state index contributed by atoms with van der Waals surface area (Å²) in [6.45, 7) is 5.68. The van der Waals surface area contributed by atoms with Crippen LogP contribution in [0.4, 0.5) is 26.4 Å². The lowest BCUT2D eigenvalue weighted by molar-refractivity contribution is 0.0635. The number of hydrogen-bond donors (Lipinski definition) is 3. The Kier molecular flexibility index (Phi) is 8.51. The van der Waals surface area contributed by atoms with Gasteiger partial charge >= 0.3 is 6.09 Å². The Bertz CT molecular complexity index is 1160. The number of hydrogen-bond acceptors (Lipinski definition) is 8. The van der Waals surface area contributed by atoms with Crippen molar-refractivity contribution < 1.29 is 18.7 Å². The lowest BCUT2D eigenvalue weighted by Crippen LogP contribution is -2.27. The van der Waals surface area contributed by atoms with Gasteiger partial charge in [-0.3, -0.25) is 5.32 Å². The molecule has 0 aliphatic rings. The standard InChI is InChI=1S/C23H25ClFN5O3S/c1-23(2,3)33-22(31)28-20-12-15(7-8-26-20)27-19-13-18(16-11-14(24)5-6-17(16)25)29-30-21(19)32-9-4-10-34/h5-8,11-13,34H,4,9-10H2,1-3H3,(H2,26,27,28,29,31). The molecule has 1 amide bonds. The lowest BCUT2D eigenvalue weighted by Gasteiger charge is -2.19. The molecule has 34 heavy (non-hydrogen) atoms. The van der Waals surface area contributed by atoms with E-state index in [4.69, 9.17) is 21.1 Å². The number of ether oxygens (including phenoxy) is 2. The van der Waals surface area contributed by atoms with Gasteiger partial charge in [0.05, 0.1) is 12.3 Å². The molecule has 11 heteroatoms. The summed E-state index contributed by atoms with van der Waals surface area (Å²) in [6.07, 6.45) is 1.59. The number of amides is 1. The molecule has 2 heterocycles. The van der Waals surface area contributed by atoms with Crippen LogP contribution < -0.4 is 15.4 Å². The SMILES string of the molecule is CC(C)(C)OC(=O)Nc1cc(Nc2cc(-c3cc(Cl)ccc3F)nnc2OCCCS)ccn1. The molecule has 0 unspecified atom stereocenters. The molecule has 0 saturated carbocycles. The van der Waals surface area contributed by atoms with Gasteiger partial charge in [-0.15, -0.1) is 10.2 Å². The number of nitrogens with zero attached hydrogens (tertiary/aromatic N) is 3. The van der Waals surface area contributed by atoms with Crippen LogP contribution in [0.15, 0.2) is 42.6 Å². The fraction of sp³-hybridized carbons (Fsp3) is 0.304. The number of aromatic nitrogens is 3. The first-order valence-electron chi connectivity index (χ1n) is 10.4. The van der Waals surface area contributed by atoms with Crippen molar-refractivity contribution in [3.8, 4) is 17.1 Å². The molecule has 8 nitrogen and oxygen atoms in total. The van der Waals surface area contributed by atoms with Crippen LogP contribution in [0.5, 0.6) is 5.88 Å². The molecule has 0 radical (unpaired) electrons. The van der Waals surface area contributed by atoms with E-state index in [1.807, 2.05) is 0 Å². The van der Waals surface area contributed by atoms with Crippen LogP contribution in [0.1, 0.15) is 27.2 Å². The summed E-state index contributed by atoms with van der Waals surface area (Å²) in [5.41, 5.74) is 0.842. The van der Waals surface area contributed by atoms with E-state index in [0.29, 0.717) is 35.2 Å². The fourth-order valence-electron chi connectivity index (χ4n) is 2.78. The Morgan fingerprint density at radius 2 is 1.97 bits per heavy atom. The van der Waals surface area contributed by atoms with Crippen molar-refractivity contribution in [2.75, 3.05) is 23.0 Å². The topological polar surface area (TPSA) is 98.3 Å². The second-order valence-corrected chi connectivity index (χ2v) is 9.06. The predicted molar refractivity (Wildman–Crippen MR) is 134 cm³/mol. The van der Waals surface area contributed by atoms with Crippen molar-refractivity contribution in [3.05, 3.63) is 53.4 Å². The number of rotatable bonds is 8. The van der Waals surface area contributed by atoms with Crippen LogP contribution in [0.25, 0.3) is 11.3 Å². The summed E-state index contributed by atoms with van der Waals surface area (Å²) in [6, 6.07) is 9.11. The van der Waals surface area contributed by atoms with Gasteiger partial charge in [0, 0.05) is 28.5 Å². The first kappa shape index (κ1) is 25.5. The second-order valence-electron chi connectivity index (χ2n) is 8.18. The third kappa shape index (κ3) is 7.46. The molecule has 0 aliphatic carbocycles. The van der Waals surface area contributed by atoms with E-state index in [9.17, 15) is 9.18 Å². The maximum absolute atomic E-state index is 14.4. The highest BCUT2D eigenvalue weighted by atomic mass is 35.5. The molecular formula is C23H25ClFN5O3S. The molecule has 0 atom stereocenters. The first-order chi connectivity index (χ1) is 16.1. The van der Waals surface area contributed by atoms with Crippen LogP contribution >= 0.6 is 24.2 Å². The van der Waals surface area contributed by atoms with E-state index in [1.54, 1.807) is 39.0 Å². The zero-order valence-electron chi connectivity index (χ0n) is 18.9. The normalized spacial score (nSPS) is 11.1. The van der Waals surface area contributed by atoms with Crippen LogP contribution in [-0.2, 0) is 4.74 Å². The first-order valence-corrected chi connectivity index (χ1v) is 11.5. The van der Waals surface area contributed by atoms with Gasteiger partial charge in [-0.1, -0.05) is 11.6 Å². The second kappa shape index (κ2) is 11.3. The van der Waals surface area contributed by atoms with Crippen molar-refractivity contribution in [3.63, 3.8) is 0 Å². The Morgan fingerprint density at radius 3 is 2.71 bits per heavy atom. The zero-order chi connectivity index (χ0) is 24.7. The summed E-state index contributed by atoms with van der Waals surface area (Å²) in [4.78, 5) is 16.2. The number of anilines is 3. The van der Waals surface area contributed by atoms with Gasteiger partial charge in [0.25, 0.3) is 5.88 Å². The molecule has 3 rings (SSSR count). The van der Waals surface area contributed by atoms with E-state index in [1.165, 1.54) is 24.4 Å². The monoisotopic (exact) mass is 505 g/mol. The number of benzene rings is 1. The molecule has 180 valence electrons. The van der Waals surface area contributed by atoms with Crippen molar-refractivity contribution in [1.82, 2.24) is 15.2 Å². The van der Waals surface area contributed by atoms with Crippen molar-refractivity contribution >= 4 is 47.5 Å². The molecule has 0 aliphatic heterocycles. The van der Waals surface area contributed by atoms with Gasteiger partial charge in [0.2, 0.25) is 0 Å². The summed E-state index contributed by atoms with van der Waals surface area (Å²) in [7, 11) is 0. The van der Waals surface area contributed by atoms with E-state index in [-0.39, 0.29) is 23.0 Å². The summed E-state index contributed by atoms with van der Waals surface area (Å²) in [5.74, 6) is 0.666. The van der Waals surface area contributed by atoms with Gasteiger partial charge in [-0.25, -0.2) is 14.2 Å². The van der Waals surface area contributed by atoms with Crippen LogP contribution in [-0.4, -0.2) is 39.2 Å². The third-order valence-electron chi connectivity index (χ3n) is 4.17. The number of halogens is 2. The summed E-state index contributed by atoms with van der Waals surface area (Å²) < 4.78 is 25.4. The van der Waals surface area contributed by atoms with Gasteiger partial charge in [-0.2, -0.15) is 12.6 Å². The summed E-state index contributed by atoms with van der Waals surface area (Å²) >= 11 is 10.2. The van der Waals surface area contributed by atoms with Gasteiger partial charge in [0.1, 0.15) is 22.9 Å². The fourth-order valence-corrected chi connectivity index (χ4v) is 3.08. The Balaban J connectivity index is 1.89. The highest BCUT2D eigenvalue weighted by Crippen LogP contribution is 2.32. The van der Waals surface area contributed by atoms with Gasteiger partial charge in [0.15, 0.2) is 0 Å². The van der Waals surface area contributed by atoms with E-state index >= 15 is 0 Å². The smallest absolute Gasteiger partial charge is 0.413 e. The molecule has 2 N–H and O–H groups in total. The van der Waals surface area contributed by atoms with Crippen molar-refractivity contribution in [1.29, 1.82) is 0 Å². The molecule has 0 bridgehead atoms. The third-order valence-corrected chi connectivity index (χ3v) is 4.72. The van der Waals surface area contributed by atoms with Crippen LogP contribution in [0, 0.1) is 5.82 Å². The number of thiol groups is 1. The van der Waals surface area contributed by atoms with Crippen molar-refractivity contribution in [2.24, 2.45) is 0 Å². The Morgan fingerprint density at radius 1 is 1.18 bits per heavy atom. The lowest BCUT2D eigenvalue weighted by atomic mass is 10.1. The largest absolute Gasteiger partial charge is 0.475 e. The average Bonchev–Trinajstić information content (AvgIpc) is 2.75. The molecule has 3 aromatic rings. The predicted octanol–water partition coefficient (Wildman–Crippen LogP) is 6.12. The quantitative estimate of drug-likeness (QED) is 0.250. The number of pyridine rings is 1. The molecule has 2 aromatic heterocycles. The molecule has 0 saturated heterocycles. The maximum atomic E-state index is 14.4. The Labute approximate surface area is 207 Å². The van der Waals surface area contributed by atoms with E-state index in [0.717, 1.165) is 0 Å². The van der Waals surface area contributed by atoms with E-state index < -0.39 is 17.5 Å². The molecule has 1 aromatic carbocycles. The van der Waals surface area contributed by atoms with Gasteiger partial charge in [-0.05, 0) is 63.3 Å². The minimum atomic E-state index is -0.645. The number of carbonyl (C=O) groups excluding carboxylic acids is 1. The maximum Gasteiger partial charge on any atom is 0.413 e. The van der Waals surface area contributed by atoms with Gasteiger partial charge < -0.3 is 14.8 Å². The minimum Gasteiger partial charge on any atom is -0.475 e. The number of carbonyl (C=O) groups is 1. The zero-order valence-corrected chi connectivity index (χ0v) is 20.6. The van der Waals surface area contributed by atoms with Crippen LogP contribution in [0.2, 0.25) is 5.02 Å². The van der Waals surface area contributed by atoms with Crippen molar-refractivity contribution in [2.45, 2.75) is 32.8 Å². The Hall–Kier alpha value is -3.11. The van der Waals surface area contributed by atoms with E-state index in [2.05, 4.69) is 38.4 Å². The van der Waals surface area contributed by atoms with Crippen LogP contribution in [0.3, 0.4) is 0 Å². The number of nitrogens with one attached hydrogen (secondary N) is 2. The highest BCUT2D eigenvalue weighted by molar-refractivity contribution is 7.80. The molecule has 0 spiro atoms. The minimum absolute atomic E-state index is 0.201.